The van der Waals surface area contributed by atoms with Gasteiger partial charge < -0.3 is 16.0 Å². The molecule has 1 atom stereocenters. The van der Waals surface area contributed by atoms with Gasteiger partial charge in [0.15, 0.2) is 0 Å². The van der Waals surface area contributed by atoms with E-state index in [1.807, 2.05) is 19.1 Å². The average molecular weight is 399 g/mol. The second-order valence-electron chi connectivity index (χ2n) is 6.22. The maximum absolute atomic E-state index is 12.9. The molecule has 8 heteroatoms. The highest BCUT2D eigenvalue weighted by Crippen LogP contribution is 2.29. The van der Waals surface area contributed by atoms with Crippen LogP contribution in [0.1, 0.15) is 12.0 Å². The van der Waals surface area contributed by atoms with E-state index in [-0.39, 0.29) is 24.1 Å². The number of hydrogen-bond acceptors (Lipinski definition) is 4. The Hall–Kier alpha value is -3.13. The molecule has 1 saturated heterocycles. The lowest BCUT2D eigenvalue weighted by Gasteiger charge is -2.07. The van der Waals surface area contributed by atoms with Crippen LogP contribution >= 0.6 is 11.8 Å². The van der Waals surface area contributed by atoms with E-state index in [2.05, 4.69) is 16.0 Å². The van der Waals surface area contributed by atoms with E-state index in [1.165, 1.54) is 30.3 Å². The van der Waals surface area contributed by atoms with Gasteiger partial charge in [0.05, 0.1) is 10.3 Å². The Balaban J connectivity index is 1.54. The Morgan fingerprint density at radius 3 is 2.36 bits per heavy atom. The molecule has 3 amide bonds. The number of amides is 3. The summed E-state index contributed by atoms with van der Waals surface area (Å²) in [6.07, 6.45) is 1.23. The molecule has 3 rings (SSSR count). The molecule has 1 fully saturated rings. The van der Waals surface area contributed by atoms with Gasteiger partial charge >= 0.3 is 0 Å². The van der Waals surface area contributed by atoms with Crippen LogP contribution in [0, 0.1) is 12.7 Å². The van der Waals surface area contributed by atoms with Crippen molar-refractivity contribution in [3.8, 4) is 0 Å². The van der Waals surface area contributed by atoms with Crippen molar-refractivity contribution in [1.29, 1.82) is 0 Å². The van der Waals surface area contributed by atoms with E-state index in [4.69, 9.17) is 0 Å². The average Bonchev–Trinajstić information content (AvgIpc) is 2.97. The molecule has 1 heterocycles. The van der Waals surface area contributed by atoms with Gasteiger partial charge in [-0.05, 0) is 43.3 Å². The van der Waals surface area contributed by atoms with Crippen LogP contribution in [0.4, 0.5) is 15.8 Å². The number of nitrogens with one attached hydrogen (secondary N) is 3. The third-order valence-electron chi connectivity index (χ3n) is 3.89. The Kier molecular flexibility index (Phi) is 6.10. The molecular weight excluding hydrogens is 381 g/mol. The number of thioether (sulfide) groups is 1. The fourth-order valence-electron chi connectivity index (χ4n) is 2.49. The predicted molar refractivity (Wildman–Crippen MR) is 107 cm³/mol. The number of aryl methyl sites for hydroxylation is 1. The molecule has 144 valence electrons. The van der Waals surface area contributed by atoms with Gasteiger partial charge in [-0.2, -0.15) is 0 Å². The van der Waals surface area contributed by atoms with Gasteiger partial charge in [-0.15, -0.1) is 0 Å². The number of carbonyl (C=O) groups excluding carboxylic acids is 3. The fourth-order valence-corrected chi connectivity index (χ4v) is 3.53. The monoisotopic (exact) mass is 399 g/mol. The number of anilines is 2. The van der Waals surface area contributed by atoms with E-state index >= 15 is 0 Å². The van der Waals surface area contributed by atoms with Crippen LogP contribution in [0.25, 0.3) is 0 Å². The third kappa shape index (κ3) is 5.43. The zero-order valence-electron chi connectivity index (χ0n) is 15.0. The van der Waals surface area contributed by atoms with Gasteiger partial charge in [-0.25, -0.2) is 4.39 Å². The van der Waals surface area contributed by atoms with Crippen molar-refractivity contribution < 1.29 is 18.8 Å². The van der Waals surface area contributed by atoms with Gasteiger partial charge in [0.2, 0.25) is 11.8 Å². The van der Waals surface area contributed by atoms with Crippen molar-refractivity contribution >= 4 is 40.9 Å². The fraction of sp³-hybridized carbons (Fsp3) is 0.150. The third-order valence-corrected chi connectivity index (χ3v) is 5.03. The lowest BCUT2D eigenvalue weighted by Crippen LogP contribution is -2.26. The van der Waals surface area contributed by atoms with Crippen LogP contribution in [-0.2, 0) is 14.4 Å². The molecular formula is C20H18FN3O3S. The quantitative estimate of drug-likeness (QED) is 0.674. The summed E-state index contributed by atoms with van der Waals surface area (Å²) in [7, 11) is 0. The lowest BCUT2D eigenvalue weighted by atomic mass is 10.2. The molecule has 28 heavy (non-hydrogen) atoms. The Labute approximate surface area is 165 Å². The van der Waals surface area contributed by atoms with Crippen molar-refractivity contribution in [3.63, 3.8) is 0 Å². The summed E-state index contributed by atoms with van der Waals surface area (Å²) < 4.78 is 12.9. The van der Waals surface area contributed by atoms with Crippen molar-refractivity contribution in [2.75, 3.05) is 10.6 Å². The van der Waals surface area contributed by atoms with Gasteiger partial charge in [0, 0.05) is 23.9 Å². The molecule has 3 N–H and O–H groups in total. The van der Waals surface area contributed by atoms with Gasteiger partial charge in [-0.3, -0.25) is 14.4 Å². The van der Waals surface area contributed by atoms with Gasteiger partial charge in [-0.1, -0.05) is 29.5 Å². The summed E-state index contributed by atoms with van der Waals surface area (Å²) in [6, 6.07) is 12.7. The number of benzene rings is 2. The van der Waals surface area contributed by atoms with E-state index in [9.17, 15) is 18.8 Å². The van der Waals surface area contributed by atoms with Gasteiger partial charge in [0.25, 0.3) is 5.91 Å². The molecule has 6 nitrogen and oxygen atoms in total. The second-order valence-corrected chi connectivity index (χ2v) is 7.46. The van der Waals surface area contributed by atoms with E-state index in [1.54, 1.807) is 12.1 Å². The maximum Gasteiger partial charge on any atom is 0.250 e. The summed E-state index contributed by atoms with van der Waals surface area (Å²) in [5, 5.41) is 7.67. The molecule has 0 aromatic heterocycles. The van der Waals surface area contributed by atoms with E-state index in [0.717, 1.165) is 17.3 Å². The molecule has 0 saturated carbocycles. The van der Waals surface area contributed by atoms with Crippen molar-refractivity contribution in [2.24, 2.45) is 0 Å². The zero-order valence-corrected chi connectivity index (χ0v) is 15.8. The van der Waals surface area contributed by atoms with Crippen LogP contribution in [0.3, 0.4) is 0 Å². The molecule has 0 bridgehead atoms. The molecule has 0 spiro atoms. The number of hydrogen-bond donors (Lipinski definition) is 3. The first kappa shape index (κ1) is 19.6. The molecule has 1 aliphatic rings. The molecule has 0 radical (unpaired) electrons. The second kappa shape index (κ2) is 8.71. The number of rotatable bonds is 5. The minimum Gasteiger partial charge on any atom is -0.326 e. The minimum absolute atomic E-state index is 0.0647. The van der Waals surface area contributed by atoms with Crippen LogP contribution < -0.4 is 16.0 Å². The summed E-state index contributed by atoms with van der Waals surface area (Å²) in [6.45, 7) is 1.95. The smallest absolute Gasteiger partial charge is 0.250 e. The summed E-state index contributed by atoms with van der Waals surface area (Å²) in [4.78, 5) is 36.3. The van der Waals surface area contributed by atoms with E-state index < -0.39 is 11.1 Å². The maximum atomic E-state index is 12.9. The van der Waals surface area contributed by atoms with Crippen molar-refractivity contribution in [1.82, 2.24) is 5.32 Å². The Morgan fingerprint density at radius 1 is 1.07 bits per heavy atom. The van der Waals surface area contributed by atoms with Crippen LogP contribution in [0.5, 0.6) is 0 Å². The zero-order chi connectivity index (χ0) is 20.1. The predicted octanol–water partition coefficient (Wildman–Crippen LogP) is 3.17. The highest BCUT2D eigenvalue weighted by molar-refractivity contribution is 8.04. The van der Waals surface area contributed by atoms with Crippen LogP contribution in [0.2, 0.25) is 0 Å². The molecule has 2 aromatic rings. The largest absolute Gasteiger partial charge is 0.326 e. The standard InChI is InChI=1S/C20H18FN3O3S/c1-12-2-6-14(7-3-12)23-18(26)11-19-24-20(27)16(28-19)10-17(25)22-15-8-4-13(21)5-9-15/h2-9,11,16H,10H2,1H3,(H,22,25)(H,23,26)(H,24,27). The normalized spacial score (nSPS) is 17.3. The van der Waals surface area contributed by atoms with Gasteiger partial charge in [0.1, 0.15) is 5.82 Å². The summed E-state index contributed by atoms with van der Waals surface area (Å²) in [5.74, 6) is -1.48. The van der Waals surface area contributed by atoms with E-state index in [0.29, 0.717) is 16.4 Å². The first-order chi connectivity index (χ1) is 13.4. The highest BCUT2D eigenvalue weighted by Gasteiger charge is 2.31. The molecule has 0 aliphatic carbocycles. The molecule has 2 aromatic carbocycles. The highest BCUT2D eigenvalue weighted by atomic mass is 32.2. The number of carbonyl (C=O) groups is 3. The first-order valence-electron chi connectivity index (χ1n) is 8.51. The first-order valence-corrected chi connectivity index (χ1v) is 9.39. The van der Waals surface area contributed by atoms with Crippen LogP contribution in [-0.4, -0.2) is 23.0 Å². The number of halogens is 1. The Morgan fingerprint density at radius 2 is 1.68 bits per heavy atom. The van der Waals surface area contributed by atoms with Crippen molar-refractivity contribution in [2.45, 2.75) is 18.6 Å². The Bertz CT molecular complexity index is 927. The molecule has 1 aliphatic heterocycles. The van der Waals surface area contributed by atoms with Crippen LogP contribution in [0.15, 0.2) is 59.6 Å². The summed E-state index contributed by atoms with van der Waals surface area (Å²) >= 11 is 1.12. The van der Waals surface area contributed by atoms with Crippen molar-refractivity contribution in [3.05, 3.63) is 71.0 Å². The topological polar surface area (TPSA) is 87.3 Å². The summed E-state index contributed by atoms with van der Waals surface area (Å²) in [5.41, 5.74) is 2.18. The lowest BCUT2D eigenvalue weighted by molar-refractivity contribution is -0.122. The SMILES string of the molecule is Cc1ccc(NC(=O)C=C2NC(=O)C(CC(=O)Nc3ccc(F)cc3)S2)cc1. The molecule has 1 unspecified atom stereocenters. The minimum atomic E-state index is -0.640.